The van der Waals surface area contributed by atoms with Crippen molar-refractivity contribution in [2.45, 2.75) is 32.9 Å². The Morgan fingerprint density at radius 1 is 1.67 bits per heavy atom. The summed E-state index contributed by atoms with van der Waals surface area (Å²) >= 11 is 0. The first-order valence-electron chi connectivity index (χ1n) is 3.09. The zero-order valence-corrected chi connectivity index (χ0v) is 5.82. The van der Waals surface area contributed by atoms with E-state index in [9.17, 15) is 8.78 Å². The summed E-state index contributed by atoms with van der Waals surface area (Å²) in [4.78, 5) is 0. The van der Waals surface area contributed by atoms with Gasteiger partial charge in [0.2, 0.25) is 0 Å². The van der Waals surface area contributed by atoms with Crippen LogP contribution in [0.5, 0.6) is 0 Å². The minimum atomic E-state index is -0.819. The van der Waals surface area contributed by atoms with Crippen LogP contribution in [0.15, 0.2) is 11.9 Å². The molecule has 0 nitrogen and oxygen atoms in total. The highest BCUT2D eigenvalue weighted by Crippen LogP contribution is 2.03. The van der Waals surface area contributed by atoms with Crippen LogP contribution in [0.2, 0.25) is 0 Å². The molecule has 0 bridgehead atoms. The molecule has 0 amide bonds. The van der Waals surface area contributed by atoms with E-state index in [4.69, 9.17) is 0 Å². The highest BCUT2D eigenvalue weighted by molar-refractivity contribution is 4.86. The third-order valence-electron chi connectivity index (χ3n) is 0.990. The highest BCUT2D eigenvalue weighted by Gasteiger charge is 1.94. The van der Waals surface area contributed by atoms with Gasteiger partial charge in [-0.2, -0.15) is 0 Å². The molecule has 0 rings (SSSR count). The number of allylic oxidation sites excluding steroid dienone is 2. The number of alkyl halides is 1. The maximum Gasteiger partial charge on any atom is 0.0976 e. The van der Waals surface area contributed by atoms with Crippen molar-refractivity contribution in [1.29, 1.82) is 0 Å². The second-order valence-corrected chi connectivity index (χ2v) is 2.15. The monoisotopic (exact) mass is 134 g/mol. The molecule has 0 aliphatic heterocycles. The van der Waals surface area contributed by atoms with Crippen molar-refractivity contribution in [3.63, 3.8) is 0 Å². The Bertz CT molecular complexity index is 91.1. The smallest absolute Gasteiger partial charge is 0.0976 e. The summed E-state index contributed by atoms with van der Waals surface area (Å²) < 4.78 is 23.9. The molecule has 2 heteroatoms. The average Bonchev–Trinajstić information content (AvgIpc) is 1.63. The lowest BCUT2D eigenvalue weighted by Gasteiger charge is -1.94. The van der Waals surface area contributed by atoms with E-state index in [1.807, 2.05) is 0 Å². The van der Waals surface area contributed by atoms with E-state index in [2.05, 4.69) is 0 Å². The van der Waals surface area contributed by atoms with Crippen molar-refractivity contribution in [2.75, 3.05) is 0 Å². The van der Waals surface area contributed by atoms with E-state index in [0.717, 1.165) is 0 Å². The van der Waals surface area contributed by atoms with E-state index >= 15 is 0 Å². The second-order valence-electron chi connectivity index (χ2n) is 2.15. The first-order chi connectivity index (χ1) is 4.13. The number of halogens is 2. The van der Waals surface area contributed by atoms with E-state index in [-0.39, 0.29) is 5.83 Å². The van der Waals surface area contributed by atoms with Gasteiger partial charge in [0.15, 0.2) is 0 Å². The first kappa shape index (κ1) is 8.60. The standard InChI is InChI=1S/C7H12F2/c1-6(8)4-3-5-7(2)9/h4,7H,3,5H2,1-2H3/b6-4+. The minimum Gasteiger partial charge on any atom is -0.248 e. The Labute approximate surface area is 54.6 Å². The van der Waals surface area contributed by atoms with Gasteiger partial charge < -0.3 is 0 Å². The summed E-state index contributed by atoms with van der Waals surface area (Å²) in [5.41, 5.74) is 0. The normalized spacial score (nSPS) is 15.8. The summed E-state index contributed by atoms with van der Waals surface area (Å²) in [6.07, 6.45) is 1.50. The van der Waals surface area contributed by atoms with Crippen LogP contribution in [0.4, 0.5) is 8.78 Å². The molecule has 1 atom stereocenters. The summed E-state index contributed by atoms with van der Waals surface area (Å²) in [5.74, 6) is -0.226. The Morgan fingerprint density at radius 2 is 2.22 bits per heavy atom. The maximum atomic E-state index is 12.0. The molecule has 0 N–H and O–H groups in total. The predicted molar refractivity (Wildman–Crippen MR) is 34.7 cm³/mol. The number of rotatable bonds is 3. The van der Waals surface area contributed by atoms with Crippen LogP contribution in [-0.4, -0.2) is 6.17 Å². The molecular weight excluding hydrogens is 122 g/mol. The van der Waals surface area contributed by atoms with Crippen LogP contribution in [0.3, 0.4) is 0 Å². The number of hydrogen-bond donors (Lipinski definition) is 0. The third kappa shape index (κ3) is 7.60. The van der Waals surface area contributed by atoms with Gasteiger partial charge in [-0.1, -0.05) is 6.08 Å². The zero-order valence-electron chi connectivity index (χ0n) is 5.82. The van der Waals surface area contributed by atoms with Crippen LogP contribution in [0.25, 0.3) is 0 Å². The second kappa shape index (κ2) is 4.48. The van der Waals surface area contributed by atoms with E-state index < -0.39 is 6.17 Å². The number of hydrogen-bond acceptors (Lipinski definition) is 0. The topological polar surface area (TPSA) is 0 Å². The van der Waals surface area contributed by atoms with Gasteiger partial charge in [-0.05, 0) is 26.7 Å². The molecule has 0 radical (unpaired) electrons. The lowest BCUT2D eigenvalue weighted by molar-refractivity contribution is 0.343. The quantitative estimate of drug-likeness (QED) is 0.556. The van der Waals surface area contributed by atoms with Gasteiger partial charge in [-0.15, -0.1) is 0 Å². The molecule has 9 heavy (non-hydrogen) atoms. The molecule has 0 aliphatic carbocycles. The lowest BCUT2D eigenvalue weighted by Crippen LogP contribution is -1.89. The van der Waals surface area contributed by atoms with Crippen LogP contribution < -0.4 is 0 Å². The van der Waals surface area contributed by atoms with E-state index in [0.29, 0.717) is 12.8 Å². The molecule has 0 spiro atoms. The van der Waals surface area contributed by atoms with Gasteiger partial charge in [0, 0.05) is 0 Å². The molecule has 0 heterocycles. The lowest BCUT2D eigenvalue weighted by atomic mass is 10.2. The van der Waals surface area contributed by atoms with E-state index in [1.165, 1.54) is 19.9 Å². The van der Waals surface area contributed by atoms with Gasteiger partial charge in [0.1, 0.15) is 0 Å². The van der Waals surface area contributed by atoms with Gasteiger partial charge in [-0.3, -0.25) is 0 Å². The van der Waals surface area contributed by atoms with E-state index in [1.54, 1.807) is 0 Å². The van der Waals surface area contributed by atoms with Crippen molar-refractivity contribution in [2.24, 2.45) is 0 Å². The highest BCUT2D eigenvalue weighted by atomic mass is 19.1. The molecule has 0 aromatic rings. The fourth-order valence-electron chi connectivity index (χ4n) is 0.512. The molecule has 0 aromatic heterocycles. The van der Waals surface area contributed by atoms with Gasteiger partial charge in [0.05, 0.1) is 12.0 Å². The summed E-state index contributed by atoms with van der Waals surface area (Å²) in [6.45, 7) is 2.84. The summed E-state index contributed by atoms with van der Waals surface area (Å²) in [5, 5.41) is 0. The molecule has 0 aliphatic rings. The van der Waals surface area contributed by atoms with Gasteiger partial charge in [-0.25, -0.2) is 8.78 Å². The van der Waals surface area contributed by atoms with Gasteiger partial charge >= 0.3 is 0 Å². The van der Waals surface area contributed by atoms with Crippen LogP contribution in [0.1, 0.15) is 26.7 Å². The average molecular weight is 134 g/mol. The summed E-state index contributed by atoms with van der Waals surface area (Å²) in [6, 6.07) is 0. The fourth-order valence-corrected chi connectivity index (χ4v) is 0.512. The Morgan fingerprint density at radius 3 is 2.56 bits per heavy atom. The summed E-state index contributed by atoms with van der Waals surface area (Å²) in [7, 11) is 0. The minimum absolute atomic E-state index is 0.226. The molecule has 0 saturated carbocycles. The van der Waals surface area contributed by atoms with Crippen molar-refractivity contribution >= 4 is 0 Å². The molecule has 0 aromatic carbocycles. The van der Waals surface area contributed by atoms with Crippen LogP contribution in [0, 0.1) is 0 Å². The van der Waals surface area contributed by atoms with Crippen LogP contribution >= 0.6 is 0 Å². The Kier molecular flexibility index (Phi) is 4.28. The fraction of sp³-hybridized carbons (Fsp3) is 0.714. The predicted octanol–water partition coefficient (Wildman–Crippen LogP) is 3.00. The molecule has 1 unspecified atom stereocenters. The van der Waals surface area contributed by atoms with Crippen molar-refractivity contribution in [3.8, 4) is 0 Å². The Balaban J connectivity index is 3.20. The Hall–Kier alpha value is -0.400. The third-order valence-corrected chi connectivity index (χ3v) is 0.990. The van der Waals surface area contributed by atoms with Crippen molar-refractivity contribution in [1.82, 2.24) is 0 Å². The zero-order chi connectivity index (χ0) is 7.28. The molecule has 54 valence electrons. The maximum absolute atomic E-state index is 12.0. The first-order valence-corrected chi connectivity index (χ1v) is 3.09. The van der Waals surface area contributed by atoms with Crippen LogP contribution in [-0.2, 0) is 0 Å². The SMILES string of the molecule is C/C(F)=C\CCC(C)F. The molecular formula is C7H12F2. The molecule has 0 fully saturated rings. The van der Waals surface area contributed by atoms with Crippen molar-refractivity contribution < 1.29 is 8.78 Å². The molecule has 0 saturated heterocycles. The van der Waals surface area contributed by atoms with Gasteiger partial charge in [0.25, 0.3) is 0 Å². The van der Waals surface area contributed by atoms with Crippen molar-refractivity contribution in [3.05, 3.63) is 11.9 Å². The largest absolute Gasteiger partial charge is 0.248 e.